The van der Waals surface area contributed by atoms with Gasteiger partial charge in [0.15, 0.2) is 5.96 Å². The van der Waals surface area contributed by atoms with Crippen LogP contribution in [0.1, 0.15) is 33.6 Å². The van der Waals surface area contributed by atoms with Crippen molar-refractivity contribution in [2.45, 2.75) is 39.2 Å². The van der Waals surface area contributed by atoms with E-state index in [1.807, 2.05) is 18.8 Å². The van der Waals surface area contributed by atoms with Crippen molar-refractivity contribution in [2.24, 2.45) is 4.99 Å². The molecule has 0 bridgehead atoms. The van der Waals surface area contributed by atoms with Crippen LogP contribution in [0, 0.1) is 0 Å². The molecule has 0 saturated heterocycles. The second-order valence-electron chi connectivity index (χ2n) is 5.30. The van der Waals surface area contributed by atoms with E-state index in [0.717, 1.165) is 25.6 Å². The Hall–Kier alpha value is 0.310. The van der Waals surface area contributed by atoms with Crippen molar-refractivity contribution in [3.63, 3.8) is 0 Å². The summed E-state index contributed by atoms with van der Waals surface area (Å²) in [5.41, 5.74) is 0.177. The maximum Gasteiger partial charge on any atom is 0.191 e. The molecular formula is C13H31IN4S. The average molecular weight is 402 g/mol. The number of aliphatic imine (C=N–C) groups is 1. The molecule has 0 atom stereocenters. The highest BCUT2D eigenvalue weighted by Crippen LogP contribution is 1.97. The molecule has 0 aromatic carbocycles. The van der Waals surface area contributed by atoms with Crippen LogP contribution in [-0.4, -0.2) is 50.2 Å². The van der Waals surface area contributed by atoms with E-state index >= 15 is 0 Å². The maximum absolute atomic E-state index is 4.20. The number of rotatable bonds is 8. The molecule has 0 rings (SSSR count). The van der Waals surface area contributed by atoms with E-state index in [9.17, 15) is 0 Å². The number of nitrogens with zero attached hydrogens (tertiary/aromatic N) is 1. The van der Waals surface area contributed by atoms with E-state index in [4.69, 9.17) is 0 Å². The number of hydrogen-bond donors (Lipinski definition) is 3. The molecule has 0 aliphatic heterocycles. The van der Waals surface area contributed by atoms with Gasteiger partial charge in [-0.1, -0.05) is 0 Å². The van der Waals surface area contributed by atoms with Crippen LogP contribution in [0.5, 0.6) is 0 Å². The van der Waals surface area contributed by atoms with Crippen LogP contribution in [0.4, 0.5) is 0 Å². The smallest absolute Gasteiger partial charge is 0.191 e. The van der Waals surface area contributed by atoms with Gasteiger partial charge < -0.3 is 16.0 Å². The summed E-state index contributed by atoms with van der Waals surface area (Å²) in [6.07, 6.45) is 4.61. The van der Waals surface area contributed by atoms with Gasteiger partial charge in [0, 0.05) is 32.2 Å². The third-order valence-electron chi connectivity index (χ3n) is 2.36. The zero-order valence-electron chi connectivity index (χ0n) is 13.0. The summed E-state index contributed by atoms with van der Waals surface area (Å²) >= 11 is 1.90. The molecule has 6 heteroatoms. The molecule has 19 heavy (non-hydrogen) atoms. The summed E-state index contributed by atoms with van der Waals surface area (Å²) < 4.78 is 0. The van der Waals surface area contributed by atoms with Crippen LogP contribution in [-0.2, 0) is 0 Å². The Kier molecular flexibility index (Phi) is 15.1. The van der Waals surface area contributed by atoms with Crippen LogP contribution in [0.2, 0.25) is 0 Å². The average Bonchev–Trinajstić information content (AvgIpc) is 2.30. The van der Waals surface area contributed by atoms with Gasteiger partial charge in [-0.3, -0.25) is 4.99 Å². The summed E-state index contributed by atoms with van der Waals surface area (Å²) in [4.78, 5) is 4.20. The Morgan fingerprint density at radius 3 is 2.21 bits per heavy atom. The van der Waals surface area contributed by atoms with E-state index in [0.29, 0.717) is 0 Å². The molecule has 0 aliphatic carbocycles. The molecule has 0 unspecified atom stereocenters. The largest absolute Gasteiger partial charge is 0.356 e. The molecule has 0 saturated carbocycles. The zero-order chi connectivity index (χ0) is 13.9. The Morgan fingerprint density at radius 1 is 1.05 bits per heavy atom. The minimum atomic E-state index is 0. The lowest BCUT2D eigenvalue weighted by molar-refractivity contribution is 0.428. The summed E-state index contributed by atoms with van der Waals surface area (Å²) in [7, 11) is 1.81. The van der Waals surface area contributed by atoms with Crippen molar-refractivity contribution < 1.29 is 0 Å². The highest BCUT2D eigenvalue weighted by molar-refractivity contribution is 14.0. The lowest BCUT2D eigenvalue weighted by Crippen LogP contribution is -2.44. The summed E-state index contributed by atoms with van der Waals surface area (Å²) in [5.74, 6) is 2.14. The van der Waals surface area contributed by atoms with Gasteiger partial charge in [0.25, 0.3) is 0 Å². The molecule has 0 fully saturated rings. The van der Waals surface area contributed by atoms with E-state index in [2.05, 4.69) is 48.0 Å². The van der Waals surface area contributed by atoms with Gasteiger partial charge in [0.2, 0.25) is 0 Å². The van der Waals surface area contributed by atoms with Crippen molar-refractivity contribution >= 4 is 41.7 Å². The van der Waals surface area contributed by atoms with Gasteiger partial charge in [0.1, 0.15) is 0 Å². The molecule has 0 amide bonds. The first kappa shape index (κ1) is 21.6. The van der Waals surface area contributed by atoms with Gasteiger partial charge in [0.05, 0.1) is 0 Å². The SMILES string of the molecule is CN=C(NCCCCSC)NCCNC(C)(C)C.I. The van der Waals surface area contributed by atoms with Gasteiger partial charge in [-0.25, -0.2) is 0 Å². The normalized spacial score (nSPS) is 11.9. The van der Waals surface area contributed by atoms with Gasteiger partial charge in [-0.05, 0) is 45.6 Å². The maximum atomic E-state index is 4.20. The van der Waals surface area contributed by atoms with Gasteiger partial charge in [-0.2, -0.15) is 11.8 Å². The van der Waals surface area contributed by atoms with E-state index in [1.54, 1.807) is 0 Å². The van der Waals surface area contributed by atoms with Crippen molar-refractivity contribution in [3.05, 3.63) is 0 Å². The van der Waals surface area contributed by atoms with Crippen LogP contribution in [0.15, 0.2) is 4.99 Å². The molecule has 0 radical (unpaired) electrons. The van der Waals surface area contributed by atoms with Gasteiger partial charge in [-0.15, -0.1) is 24.0 Å². The Labute approximate surface area is 140 Å². The summed E-state index contributed by atoms with van der Waals surface area (Å²) in [5, 5.41) is 10.1. The van der Waals surface area contributed by atoms with Crippen LogP contribution in [0.3, 0.4) is 0 Å². The minimum absolute atomic E-state index is 0. The number of guanidine groups is 1. The molecule has 3 N–H and O–H groups in total. The lowest BCUT2D eigenvalue weighted by Gasteiger charge is -2.21. The summed E-state index contributed by atoms with van der Waals surface area (Å²) in [6.45, 7) is 9.34. The first-order valence-electron chi connectivity index (χ1n) is 6.68. The fourth-order valence-electron chi connectivity index (χ4n) is 1.42. The quantitative estimate of drug-likeness (QED) is 0.252. The molecule has 4 nitrogen and oxygen atoms in total. The Balaban J connectivity index is 0. The van der Waals surface area contributed by atoms with Crippen LogP contribution < -0.4 is 16.0 Å². The van der Waals surface area contributed by atoms with Crippen molar-refractivity contribution in [1.82, 2.24) is 16.0 Å². The highest BCUT2D eigenvalue weighted by Gasteiger charge is 2.07. The number of unbranched alkanes of at least 4 members (excludes halogenated alkanes) is 1. The molecule has 0 aliphatic rings. The predicted molar refractivity (Wildman–Crippen MR) is 100 cm³/mol. The van der Waals surface area contributed by atoms with E-state index in [1.165, 1.54) is 18.6 Å². The van der Waals surface area contributed by atoms with Crippen LogP contribution >= 0.6 is 35.7 Å². The topological polar surface area (TPSA) is 48.5 Å². The number of thioether (sulfide) groups is 1. The Morgan fingerprint density at radius 2 is 1.68 bits per heavy atom. The van der Waals surface area contributed by atoms with Crippen molar-refractivity contribution in [1.29, 1.82) is 0 Å². The Bertz CT molecular complexity index is 229. The number of nitrogens with one attached hydrogen (secondary N) is 3. The zero-order valence-corrected chi connectivity index (χ0v) is 16.2. The third-order valence-corrected chi connectivity index (χ3v) is 3.06. The number of hydrogen-bond acceptors (Lipinski definition) is 3. The second kappa shape index (κ2) is 13.3. The van der Waals surface area contributed by atoms with Gasteiger partial charge >= 0.3 is 0 Å². The summed E-state index contributed by atoms with van der Waals surface area (Å²) in [6, 6.07) is 0. The fraction of sp³-hybridized carbons (Fsp3) is 0.923. The molecule has 0 aromatic rings. The monoisotopic (exact) mass is 402 g/mol. The van der Waals surface area contributed by atoms with Crippen molar-refractivity contribution in [2.75, 3.05) is 38.7 Å². The third kappa shape index (κ3) is 16.3. The van der Waals surface area contributed by atoms with Crippen LogP contribution in [0.25, 0.3) is 0 Å². The fourth-order valence-corrected chi connectivity index (χ4v) is 1.91. The molecule has 116 valence electrons. The predicted octanol–water partition coefficient (Wildman–Crippen LogP) is 2.30. The first-order chi connectivity index (χ1) is 8.49. The first-order valence-corrected chi connectivity index (χ1v) is 8.07. The molecule has 0 heterocycles. The highest BCUT2D eigenvalue weighted by atomic mass is 127. The lowest BCUT2D eigenvalue weighted by atomic mass is 10.1. The standard InChI is InChI=1S/C13H30N4S.HI/c1-13(2,3)17-10-9-16-12(14-4)15-8-6-7-11-18-5;/h17H,6-11H2,1-5H3,(H2,14,15,16);1H. The van der Waals surface area contributed by atoms with Crippen molar-refractivity contribution in [3.8, 4) is 0 Å². The van der Waals surface area contributed by atoms with E-state index < -0.39 is 0 Å². The molecular weight excluding hydrogens is 371 g/mol. The second-order valence-corrected chi connectivity index (χ2v) is 6.29. The molecule has 0 aromatic heterocycles. The molecule has 0 spiro atoms. The number of halogens is 1. The van der Waals surface area contributed by atoms with E-state index in [-0.39, 0.29) is 29.5 Å². The minimum Gasteiger partial charge on any atom is -0.356 e.